The van der Waals surface area contributed by atoms with E-state index in [1.807, 2.05) is 0 Å². The first-order valence-corrected chi connectivity index (χ1v) is 4.79. The molecule has 1 aromatic carbocycles. The Morgan fingerprint density at radius 1 is 1.38 bits per heavy atom. The van der Waals surface area contributed by atoms with Gasteiger partial charge in [-0.15, -0.1) is 0 Å². The van der Waals surface area contributed by atoms with Crippen molar-refractivity contribution in [2.75, 3.05) is 11.9 Å². The number of aliphatic hydroxyl groups is 1. The average Bonchev–Trinajstić information content (AvgIpc) is 2.19. The fraction of sp³-hybridized carbons (Fsp3) is 0.273. The molecule has 5 nitrogen and oxygen atoms in total. The molecule has 5 heteroatoms. The normalized spacial score (nSPS) is 9.88. The van der Waals surface area contributed by atoms with E-state index < -0.39 is 5.97 Å². The molecule has 1 aromatic rings. The van der Waals surface area contributed by atoms with Crippen LogP contribution in [0.4, 0.5) is 5.69 Å². The minimum atomic E-state index is -1.07. The summed E-state index contributed by atoms with van der Waals surface area (Å²) in [7, 11) is 0. The molecule has 0 aliphatic rings. The highest BCUT2D eigenvalue weighted by Gasteiger charge is 2.10. The fourth-order valence-electron chi connectivity index (χ4n) is 1.40. The SMILES string of the molecule is CC(=O)Nc1ccc(CCO)c(C(=O)O)c1. The third-order valence-electron chi connectivity index (χ3n) is 2.04. The standard InChI is InChI=1S/C11H13NO4/c1-7(14)12-9-3-2-8(4-5-13)10(6-9)11(15)16/h2-3,6,13H,4-5H2,1H3,(H,12,14)(H,15,16). The van der Waals surface area contributed by atoms with Gasteiger partial charge in [-0.1, -0.05) is 6.07 Å². The summed E-state index contributed by atoms with van der Waals surface area (Å²) in [6.07, 6.45) is 0.280. The van der Waals surface area contributed by atoms with Crippen molar-refractivity contribution in [2.24, 2.45) is 0 Å². The summed E-state index contributed by atoms with van der Waals surface area (Å²) in [5.74, 6) is -1.33. The number of rotatable bonds is 4. The Morgan fingerprint density at radius 3 is 2.56 bits per heavy atom. The van der Waals surface area contributed by atoms with Crippen molar-refractivity contribution in [1.82, 2.24) is 0 Å². The topological polar surface area (TPSA) is 86.6 Å². The summed E-state index contributed by atoms with van der Waals surface area (Å²) in [5, 5.41) is 20.2. The number of nitrogens with one attached hydrogen (secondary N) is 1. The second-order valence-electron chi connectivity index (χ2n) is 3.33. The maximum atomic E-state index is 10.9. The van der Waals surface area contributed by atoms with E-state index in [2.05, 4.69) is 5.32 Å². The van der Waals surface area contributed by atoms with Gasteiger partial charge in [0, 0.05) is 19.2 Å². The molecule has 0 aliphatic heterocycles. The largest absolute Gasteiger partial charge is 0.478 e. The van der Waals surface area contributed by atoms with E-state index in [1.165, 1.54) is 13.0 Å². The number of carbonyl (C=O) groups is 2. The predicted octanol–water partition coefficient (Wildman–Crippen LogP) is 0.878. The van der Waals surface area contributed by atoms with Crippen molar-refractivity contribution in [3.63, 3.8) is 0 Å². The van der Waals surface area contributed by atoms with Gasteiger partial charge in [-0.05, 0) is 24.1 Å². The molecule has 0 radical (unpaired) electrons. The van der Waals surface area contributed by atoms with Crippen molar-refractivity contribution in [1.29, 1.82) is 0 Å². The number of aliphatic hydroxyl groups excluding tert-OH is 1. The van der Waals surface area contributed by atoms with Crippen molar-refractivity contribution in [2.45, 2.75) is 13.3 Å². The maximum absolute atomic E-state index is 10.9. The van der Waals surface area contributed by atoms with Crippen LogP contribution in [0.3, 0.4) is 0 Å². The highest BCUT2D eigenvalue weighted by Crippen LogP contribution is 2.16. The Labute approximate surface area is 92.7 Å². The van der Waals surface area contributed by atoms with Crippen molar-refractivity contribution < 1.29 is 19.8 Å². The van der Waals surface area contributed by atoms with Crippen LogP contribution >= 0.6 is 0 Å². The van der Waals surface area contributed by atoms with Crippen LogP contribution < -0.4 is 5.32 Å². The van der Waals surface area contributed by atoms with E-state index in [0.717, 1.165) is 0 Å². The van der Waals surface area contributed by atoms with Gasteiger partial charge in [-0.3, -0.25) is 4.79 Å². The van der Waals surface area contributed by atoms with Crippen LogP contribution in [0.15, 0.2) is 18.2 Å². The Kier molecular flexibility index (Phi) is 4.02. The van der Waals surface area contributed by atoms with Crippen LogP contribution in [0.25, 0.3) is 0 Å². The number of aromatic carboxylic acids is 1. The molecule has 0 atom stereocenters. The van der Waals surface area contributed by atoms with E-state index in [-0.39, 0.29) is 24.5 Å². The Hall–Kier alpha value is -1.88. The number of carboxylic acid groups (broad SMARTS) is 1. The quantitative estimate of drug-likeness (QED) is 0.707. The van der Waals surface area contributed by atoms with Gasteiger partial charge in [0.15, 0.2) is 0 Å². The van der Waals surface area contributed by atoms with Gasteiger partial charge >= 0.3 is 5.97 Å². The molecule has 0 heterocycles. The summed E-state index contributed by atoms with van der Waals surface area (Å²) in [5.41, 5.74) is 1.08. The molecule has 0 aromatic heterocycles. The first-order chi connectivity index (χ1) is 7.54. The van der Waals surface area contributed by atoms with Crippen LogP contribution in [0.2, 0.25) is 0 Å². The van der Waals surface area contributed by atoms with E-state index >= 15 is 0 Å². The third kappa shape index (κ3) is 3.06. The van der Waals surface area contributed by atoms with Crippen molar-refractivity contribution >= 4 is 17.6 Å². The van der Waals surface area contributed by atoms with E-state index in [9.17, 15) is 9.59 Å². The third-order valence-corrected chi connectivity index (χ3v) is 2.04. The van der Waals surface area contributed by atoms with Gasteiger partial charge in [0.1, 0.15) is 0 Å². The molecule has 1 rings (SSSR count). The molecule has 0 fully saturated rings. The second kappa shape index (κ2) is 5.27. The van der Waals surface area contributed by atoms with Crippen LogP contribution in [-0.4, -0.2) is 28.7 Å². The Morgan fingerprint density at radius 2 is 2.06 bits per heavy atom. The van der Waals surface area contributed by atoms with E-state index in [0.29, 0.717) is 11.3 Å². The van der Waals surface area contributed by atoms with Gasteiger partial charge in [0.2, 0.25) is 5.91 Å². The lowest BCUT2D eigenvalue weighted by Crippen LogP contribution is -2.09. The number of carbonyl (C=O) groups excluding carboxylic acids is 1. The number of hydrogen-bond donors (Lipinski definition) is 3. The minimum Gasteiger partial charge on any atom is -0.478 e. The van der Waals surface area contributed by atoms with Gasteiger partial charge in [-0.25, -0.2) is 4.79 Å². The number of anilines is 1. The van der Waals surface area contributed by atoms with Crippen LogP contribution in [0, 0.1) is 0 Å². The lowest BCUT2D eigenvalue weighted by atomic mass is 10.0. The second-order valence-corrected chi connectivity index (χ2v) is 3.33. The molecule has 0 bridgehead atoms. The first kappa shape index (κ1) is 12.2. The van der Waals surface area contributed by atoms with Gasteiger partial charge in [-0.2, -0.15) is 0 Å². The van der Waals surface area contributed by atoms with Crippen LogP contribution in [-0.2, 0) is 11.2 Å². The van der Waals surface area contributed by atoms with E-state index in [1.54, 1.807) is 12.1 Å². The molecule has 16 heavy (non-hydrogen) atoms. The lowest BCUT2D eigenvalue weighted by molar-refractivity contribution is -0.114. The molecule has 0 saturated heterocycles. The molecular formula is C11H13NO4. The number of hydrogen-bond acceptors (Lipinski definition) is 3. The van der Waals surface area contributed by atoms with Gasteiger partial charge < -0.3 is 15.5 Å². The highest BCUT2D eigenvalue weighted by atomic mass is 16.4. The molecule has 0 unspecified atom stereocenters. The number of carboxylic acids is 1. The van der Waals surface area contributed by atoms with Crippen molar-refractivity contribution in [3.8, 4) is 0 Å². The first-order valence-electron chi connectivity index (χ1n) is 4.79. The molecule has 86 valence electrons. The van der Waals surface area contributed by atoms with Crippen molar-refractivity contribution in [3.05, 3.63) is 29.3 Å². The zero-order chi connectivity index (χ0) is 12.1. The average molecular weight is 223 g/mol. The lowest BCUT2D eigenvalue weighted by Gasteiger charge is -2.08. The highest BCUT2D eigenvalue weighted by molar-refractivity contribution is 5.94. The van der Waals surface area contributed by atoms with Crippen LogP contribution in [0.1, 0.15) is 22.8 Å². The molecular weight excluding hydrogens is 210 g/mol. The molecule has 1 amide bonds. The summed E-state index contributed by atoms with van der Waals surface area (Å²) in [6.45, 7) is 1.24. The molecule has 3 N–H and O–H groups in total. The molecule has 0 saturated carbocycles. The Balaban J connectivity index is 3.06. The predicted molar refractivity (Wildman–Crippen MR) is 58.5 cm³/mol. The molecule has 0 aliphatic carbocycles. The summed E-state index contributed by atoms with van der Waals surface area (Å²) >= 11 is 0. The zero-order valence-corrected chi connectivity index (χ0v) is 8.86. The maximum Gasteiger partial charge on any atom is 0.336 e. The summed E-state index contributed by atoms with van der Waals surface area (Å²) in [6, 6.07) is 4.58. The number of amides is 1. The van der Waals surface area contributed by atoms with Gasteiger partial charge in [0.25, 0.3) is 0 Å². The minimum absolute atomic E-state index is 0.0975. The van der Waals surface area contributed by atoms with Gasteiger partial charge in [0.05, 0.1) is 5.56 Å². The zero-order valence-electron chi connectivity index (χ0n) is 8.86. The number of benzene rings is 1. The van der Waals surface area contributed by atoms with Crippen LogP contribution in [0.5, 0.6) is 0 Å². The van der Waals surface area contributed by atoms with E-state index in [4.69, 9.17) is 10.2 Å². The monoisotopic (exact) mass is 223 g/mol. The summed E-state index contributed by atoms with van der Waals surface area (Å²) < 4.78 is 0. The fourth-order valence-corrected chi connectivity index (χ4v) is 1.40. The Bertz CT molecular complexity index is 414. The smallest absolute Gasteiger partial charge is 0.336 e. The summed E-state index contributed by atoms with van der Waals surface area (Å²) in [4.78, 5) is 21.7. The molecule has 0 spiro atoms.